The lowest BCUT2D eigenvalue weighted by Gasteiger charge is -2.08. The number of nitrogens with one attached hydrogen (secondary N) is 2. The molecular formula is C18H23N5O3. The molecular weight excluding hydrogens is 334 g/mol. The highest BCUT2D eigenvalue weighted by Gasteiger charge is 2.08. The maximum atomic E-state index is 11.7. The number of esters is 1. The molecule has 0 unspecified atom stereocenters. The first-order chi connectivity index (χ1) is 12.4. The Labute approximate surface area is 151 Å². The number of aromatic nitrogens is 2. The van der Waals surface area contributed by atoms with E-state index in [9.17, 15) is 9.59 Å². The van der Waals surface area contributed by atoms with E-state index in [4.69, 9.17) is 10.5 Å². The molecule has 8 nitrogen and oxygen atoms in total. The van der Waals surface area contributed by atoms with Gasteiger partial charge in [-0.1, -0.05) is 26.0 Å². The molecule has 0 bridgehead atoms. The van der Waals surface area contributed by atoms with E-state index >= 15 is 0 Å². The zero-order valence-corrected chi connectivity index (χ0v) is 15.1. The van der Waals surface area contributed by atoms with E-state index in [2.05, 4.69) is 34.1 Å². The van der Waals surface area contributed by atoms with E-state index in [1.54, 1.807) is 6.92 Å². The van der Waals surface area contributed by atoms with Crippen LogP contribution in [0.2, 0.25) is 0 Å². The number of hydrogen-bond acceptors (Lipinski definition) is 5. The molecule has 0 atom stereocenters. The van der Waals surface area contributed by atoms with E-state index in [1.807, 2.05) is 24.3 Å². The molecule has 1 aromatic carbocycles. The minimum absolute atomic E-state index is 0.0144. The molecule has 26 heavy (non-hydrogen) atoms. The minimum atomic E-state index is -0.461. The maximum absolute atomic E-state index is 11.7. The highest BCUT2D eigenvalue weighted by Crippen LogP contribution is 2.17. The summed E-state index contributed by atoms with van der Waals surface area (Å²) in [5.41, 5.74) is 7.69. The highest BCUT2D eigenvalue weighted by molar-refractivity contribution is 5.93. The van der Waals surface area contributed by atoms with Gasteiger partial charge < -0.3 is 15.8 Å². The van der Waals surface area contributed by atoms with Gasteiger partial charge in [0.1, 0.15) is 0 Å². The van der Waals surface area contributed by atoms with Crippen LogP contribution in [0.15, 0.2) is 40.1 Å². The van der Waals surface area contributed by atoms with Crippen LogP contribution in [0.25, 0.3) is 0 Å². The summed E-state index contributed by atoms with van der Waals surface area (Å²) in [7, 11) is 0. The topological polar surface area (TPSA) is 122 Å². The lowest BCUT2D eigenvalue weighted by Crippen LogP contribution is -2.22. The van der Waals surface area contributed by atoms with Crippen LogP contribution in [0.5, 0.6) is 0 Å². The van der Waals surface area contributed by atoms with Gasteiger partial charge in [-0.05, 0) is 30.5 Å². The Morgan fingerprint density at radius 2 is 2.04 bits per heavy atom. The quantitative estimate of drug-likeness (QED) is 0.413. The largest absolute Gasteiger partial charge is 0.466 e. The van der Waals surface area contributed by atoms with Crippen LogP contribution in [0, 0.1) is 0 Å². The number of guanidine groups is 1. The van der Waals surface area contributed by atoms with E-state index in [1.165, 1.54) is 11.6 Å². The van der Waals surface area contributed by atoms with Crippen molar-refractivity contribution in [2.24, 2.45) is 10.7 Å². The van der Waals surface area contributed by atoms with Crippen molar-refractivity contribution in [2.45, 2.75) is 33.1 Å². The van der Waals surface area contributed by atoms with Crippen LogP contribution in [0.3, 0.4) is 0 Å². The van der Waals surface area contributed by atoms with Crippen molar-refractivity contribution < 1.29 is 9.53 Å². The summed E-state index contributed by atoms with van der Waals surface area (Å²) in [5, 5.41) is 2.93. The Kier molecular flexibility index (Phi) is 6.48. The number of nitrogens with zero attached hydrogens (tertiary/aromatic N) is 2. The Hall–Kier alpha value is -3.16. The van der Waals surface area contributed by atoms with Crippen LogP contribution in [-0.4, -0.2) is 28.5 Å². The zero-order chi connectivity index (χ0) is 19.1. The number of nitrogens with two attached hydrogens (primary N) is 1. The van der Waals surface area contributed by atoms with Gasteiger partial charge in [-0.25, -0.2) is 4.98 Å². The number of aromatic amines is 1. The van der Waals surface area contributed by atoms with Gasteiger partial charge in [0.15, 0.2) is 0 Å². The standard InChI is InChI=1S/C18H23N5O3/c1-4-26-16(25)10-14-9-15(24)22-18(21-14)23-17(19)20-13-7-5-12(6-8-13)11(2)3/h5-9,11H,4,10H2,1-3H3,(H4,19,20,21,22,23,24). The van der Waals surface area contributed by atoms with Crippen molar-refractivity contribution in [1.82, 2.24) is 9.97 Å². The number of rotatable bonds is 6. The van der Waals surface area contributed by atoms with E-state index in [0.717, 1.165) is 5.69 Å². The minimum Gasteiger partial charge on any atom is -0.466 e. The number of anilines is 1. The summed E-state index contributed by atoms with van der Waals surface area (Å²) in [5.74, 6) is 0.0580. The van der Waals surface area contributed by atoms with Gasteiger partial charge in [0.05, 0.1) is 18.7 Å². The van der Waals surface area contributed by atoms with Gasteiger partial charge in [0.2, 0.25) is 11.9 Å². The Morgan fingerprint density at radius 1 is 1.35 bits per heavy atom. The van der Waals surface area contributed by atoms with Gasteiger partial charge in [0, 0.05) is 11.8 Å². The zero-order valence-electron chi connectivity index (χ0n) is 15.1. The molecule has 0 fully saturated rings. The van der Waals surface area contributed by atoms with Crippen molar-refractivity contribution in [1.29, 1.82) is 0 Å². The first-order valence-corrected chi connectivity index (χ1v) is 8.34. The molecule has 1 heterocycles. The van der Waals surface area contributed by atoms with Crippen molar-refractivity contribution in [3.05, 3.63) is 51.9 Å². The predicted molar refractivity (Wildman–Crippen MR) is 101 cm³/mol. The molecule has 0 aliphatic rings. The number of hydrogen-bond donors (Lipinski definition) is 3. The number of H-pyrrole nitrogens is 1. The Balaban J connectivity index is 2.13. The van der Waals surface area contributed by atoms with Crippen molar-refractivity contribution in [2.75, 3.05) is 11.9 Å². The van der Waals surface area contributed by atoms with Gasteiger partial charge >= 0.3 is 5.97 Å². The third-order valence-electron chi connectivity index (χ3n) is 3.49. The van der Waals surface area contributed by atoms with Gasteiger partial charge in [-0.3, -0.25) is 14.6 Å². The summed E-state index contributed by atoms with van der Waals surface area (Å²) >= 11 is 0. The molecule has 8 heteroatoms. The van der Waals surface area contributed by atoms with Gasteiger partial charge in [-0.15, -0.1) is 0 Å². The third-order valence-corrected chi connectivity index (χ3v) is 3.49. The molecule has 0 saturated heterocycles. The molecule has 138 valence electrons. The van der Waals surface area contributed by atoms with Gasteiger partial charge in [0.25, 0.3) is 5.56 Å². The molecule has 0 aliphatic heterocycles. The molecule has 2 rings (SSSR count). The average molecular weight is 357 g/mol. The second kappa shape index (κ2) is 8.80. The second-order valence-corrected chi connectivity index (χ2v) is 5.94. The molecule has 1 aromatic heterocycles. The smallest absolute Gasteiger partial charge is 0.311 e. The fourth-order valence-corrected chi connectivity index (χ4v) is 2.24. The summed E-state index contributed by atoms with van der Waals surface area (Å²) in [6.07, 6.45) is -0.107. The number of carbonyl (C=O) groups excluding carboxylic acids is 1. The normalized spacial score (nSPS) is 11.5. The molecule has 4 N–H and O–H groups in total. The first kappa shape index (κ1) is 19.2. The monoisotopic (exact) mass is 357 g/mol. The van der Waals surface area contributed by atoms with Crippen molar-refractivity contribution in [3.8, 4) is 0 Å². The predicted octanol–water partition coefficient (Wildman–Crippen LogP) is 2.06. The fraction of sp³-hybridized carbons (Fsp3) is 0.333. The van der Waals surface area contributed by atoms with Crippen LogP contribution >= 0.6 is 0 Å². The number of carbonyl (C=O) groups is 1. The third kappa shape index (κ3) is 5.73. The molecule has 2 aromatic rings. The van der Waals surface area contributed by atoms with Gasteiger partial charge in [-0.2, -0.15) is 4.99 Å². The molecule has 0 radical (unpaired) electrons. The summed E-state index contributed by atoms with van der Waals surface area (Å²) in [6, 6.07) is 9.01. The summed E-state index contributed by atoms with van der Waals surface area (Å²) < 4.78 is 4.85. The molecule has 0 amide bonds. The highest BCUT2D eigenvalue weighted by atomic mass is 16.5. The molecule has 0 spiro atoms. The van der Waals surface area contributed by atoms with E-state index in [0.29, 0.717) is 5.92 Å². The van der Waals surface area contributed by atoms with Crippen molar-refractivity contribution >= 4 is 23.6 Å². The first-order valence-electron chi connectivity index (χ1n) is 8.34. The Morgan fingerprint density at radius 3 is 2.65 bits per heavy atom. The van der Waals surface area contributed by atoms with Crippen LogP contribution in [-0.2, 0) is 16.0 Å². The lowest BCUT2D eigenvalue weighted by atomic mass is 10.0. The van der Waals surface area contributed by atoms with Crippen LogP contribution < -0.4 is 16.6 Å². The maximum Gasteiger partial charge on any atom is 0.311 e. The second-order valence-electron chi connectivity index (χ2n) is 5.94. The van der Waals surface area contributed by atoms with Crippen LogP contribution in [0.1, 0.15) is 37.9 Å². The van der Waals surface area contributed by atoms with E-state index < -0.39 is 11.5 Å². The fourth-order valence-electron chi connectivity index (χ4n) is 2.24. The molecule has 0 saturated carbocycles. The number of aliphatic imine (C=N–C) groups is 1. The average Bonchev–Trinajstić information content (AvgIpc) is 2.54. The number of ether oxygens (including phenoxy) is 1. The lowest BCUT2D eigenvalue weighted by molar-refractivity contribution is -0.142. The van der Waals surface area contributed by atoms with Crippen LogP contribution in [0.4, 0.5) is 11.6 Å². The summed E-state index contributed by atoms with van der Waals surface area (Å²) in [6.45, 7) is 6.20. The van der Waals surface area contributed by atoms with Crippen molar-refractivity contribution in [3.63, 3.8) is 0 Å². The summed E-state index contributed by atoms with van der Waals surface area (Å²) in [4.78, 5) is 33.9. The Bertz CT molecular complexity index is 841. The number of benzene rings is 1. The SMILES string of the molecule is CCOC(=O)Cc1cc(=O)[nH]c(N=C(N)Nc2ccc(C(C)C)cc2)n1. The molecule has 0 aliphatic carbocycles. The van der Waals surface area contributed by atoms with E-state index in [-0.39, 0.29) is 30.6 Å².